The van der Waals surface area contributed by atoms with Gasteiger partial charge in [0.15, 0.2) is 0 Å². The topological polar surface area (TPSA) is 67.4 Å². The Labute approximate surface area is 118 Å². The Bertz CT molecular complexity index is 472. The van der Waals surface area contributed by atoms with E-state index in [4.69, 9.17) is 18.0 Å². The molecule has 1 aliphatic rings. The maximum atomic E-state index is 12.0. The van der Waals surface area contributed by atoms with Gasteiger partial charge in [0.05, 0.1) is 18.1 Å². The van der Waals surface area contributed by atoms with Crippen molar-refractivity contribution < 1.29 is 4.79 Å². The maximum Gasteiger partial charge on any atom is 0.236 e. The van der Waals surface area contributed by atoms with Gasteiger partial charge in [-0.3, -0.25) is 9.69 Å². The molecule has 2 heterocycles. The van der Waals surface area contributed by atoms with Crippen molar-refractivity contribution in [2.24, 2.45) is 5.73 Å². The highest BCUT2D eigenvalue weighted by molar-refractivity contribution is 7.80. The van der Waals surface area contributed by atoms with Gasteiger partial charge in [-0.25, -0.2) is 4.98 Å². The molecular formula is C12H19N5OS. The summed E-state index contributed by atoms with van der Waals surface area (Å²) < 4.78 is 2.12. The highest BCUT2D eigenvalue weighted by Crippen LogP contribution is 2.09. The van der Waals surface area contributed by atoms with E-state index in [1.54, 1.807) is 18.1 Å². The molecule has 0 atom stereocenters. The molecule has 7 heteroatoms. The number of rotatable bonds is 5. The van der Waals surface area contributed by atoms with E-state index in [-0.39, 0.29) is 5.91 Å². The number of aromatic nitrogens is 2. The Morgan fingerprint density at radius 3 is 3.11 bits per heavy atom. The highest BCUT2D eigenvalue weighted by Gasteiger charge is 2.20. The predicted octanol–water partition coefficient (Wildman–Crippen LogP) is -0.167. The van der Waals surface area contributed by atoms with Gasteiger partial charge in [-0.1, -0.05) is 12.2 Å². The lowest BCUT2D eigenvalue weighted by Gasteiger charge is -2.28. The fraction of sp³-hybridized carbons (Fsp3) is 0.583. The van der Waals surface area contributed by atoms with E-state index in [9.17, 15) is 4.79 Å². The Balaban J connectivity index is 1.81. The average Bonchev–Trinajstić information content (AvgIpc) is 2.83. The number of nitrogens with zero attached hydrogens (tertiary/aromatic N) is 4. The zero-order valence-electron chi connectivity index (χ0n) is 11.1. The molecule has 1 amide bonds. The first-order valence-corrected chi connectivity index (χ1v) is 6.71. The number of thiocarbonyl (C=S) groups is 1. The number of carbonyl (C=O) groups excluding carboxylic acids is 1. The normalized spacial score (nSPS) is 15.0. The van der Waals surface area contributed by atoms with Crippen LogP contribution in [0.2, 0.25) is 0 Å². The van der Waals surface area contributed by atoms with Gasteiger partial charge in [-0.2, -0.15) is 0 Å². The molecular weight excluding hydrogens is 262 g/mol. The summed E-state index contributed by atoms with van der Waals surface area (Å²) in [5.74, 6) is 1.11. The summed E-state index contributed by atoms with van der Waals surface area (Å²) in [7, 11) is 1.78. The van der Waals surface area contributed by atoms with Crippen molar-refractivity contribution in [3.8, 4) is 0 Å². The molecule has 0 bridgehead atoms. The zero-order chi connectivity index (χ0) is 13.8. The first-order chi connectivity index (χ1) is 9.06. The Hall–Kier alpha value is -1.47. The van der Waals surface area contributed by atoms with E-state index in [1.807, 2.05) is 6.20 Å². The molecule has 6 nitrogen and oxygen atoms in total. The number of nitrogens with two attached hydrogens (primary N) is 1. The van der Waals surface area contributed by atoms with Crippen LogP contribution in [-0.2, 0) is 17.9 Å². The van der Waals surface area contributed by atoms with Gasteiger partial charge in [0.25, 0.3) is 0 Å². The third-order valence-electron chi connectivity index (χ3n) is 3.30. The second-order valence-electron chi connectivity index (χ2n) is 4.78. The van der Waals surface area contributed by atoms with Gasteiger partial charge < -0.3 is 15.2 Å². The molecule has 0 unspecified atom stereocenters. The predicted molar refractivity (Wildman–Crippen MR) is 76.5 cm³/mol. The van der Waals surface area contributed by atoms with Gasteiger partial charge in [0.2, 0.25) is 5.91 Å². The van der Waals surface area contributed by atoms with E-state index in [1.165, 1.54) is 0 Å². The van der Waals surface area contributed by atoms with Gasteiger partial charge >= 0.3 is 0 Å². The van der Waals surface area contributed by atoms with Crippen molar-refractivity contribution >= 4 is 23.1 Å². The van der Waals surface area contributed by atoms with Gasteiger partial charge in [-0.15, -0.1) is 0 Å². The Morgan fingerprint density at radius 1 is 1.58 bits per heavy atom. The summed E-state index contributed by atoms with van der Waals surface area (Å²) in [6, 6.07) is 0. The van der Waals surface area contributed by atoms with E-state index in [0.717, 1.165) is 25.5 Å². The van der Waals surface area contributed by atoms with E-state index < -0.39 is 0 Å². The minimum absolute atomic E-state index is 0.0938. The Morgan fingerprint density at radius 2 is 2.37 bits per heavy atom. The first-order valence-electron chi connectivity index (χ1n) is 6.31. The van der Waals surface area contributed by atoms with Crippen molar-refractivity contribution in [1.29, 1.82) is 0 Å². The van der Waals surface area contributed by atoms with E-state index in [2.05, 4.69) is 14.5 Å². The number of fused-ring (bicyclic) bond motifs is 1. The number of likely N-dealkylation sites (N-methyl/N-ethyl adjacent to an activating group) is 1. The van der Waals surface area contributed by atoms with Crippen LogP contribution in [0, 0.1) is 0 Å². The van der Waals surface area contributed by atoms with Gasteiger partial charge in [0.1, 0.15) is 5.82 Å². The first kappa shape index (κ1) is 14.0. The number of imidazole rings is 1. The van der Waals surface area contributed by atoms with Crippen molar-refractivity contribution in [3.63, 3.8) is 0 Å². The highest BCUT2D eigenvalue weighted by atomic mass is 32.1. The van der Waals surface area contributed by atoms with Crippen LogP contribution in [0.25, 0.3) is 0 Å². The standard InChI is InChI=1S/C12H19N5OS/c1-15(4-2-10(13)19)12(18)9-16-6-7-17-5-3-14-11(17)8-16/h3,5H,2,4,6-9H2,1H3,(H2,13,19). The van der Waals surface area contributed by atoms with Crippen LogP contribution in [0.5, 0.6) is 0 Å². The van der Waals surface area contributed by atoms with Crippen LogP contribution in [0.3, 0.4) is 0 Å². The van der Waals surface area contributed by atoms with Crippen molar-refractivity contribution in [2.45, 2.75) is 19.5 Å². The lowest BCUT2D eigenvalue weighted by molar-refractivity contribution is -0.131. The SMILES string of the molecule is CN(CCC(N)=S)C(=O)CN1CCn2ccnc2C1. The molecule has 0 aliphatic carbocycles. The third-order valence-corrected chi connectivity index (χ3v) is 3.51. The van der Waals surface area contributed by atoms with E-state index >= 15 is 0 Å². The van der Waals surface area contributed by atoms with Crippen LogP contribution >= 0.6 is 12.2 Å². The molecule has 0 fully saturated rings. The minimum Gasteiger partial charge on any atom is -0.393 e. The number of hydrogen-bond acceptors (Lipinski definition) is 4. The molecule has 0 aromatic carbocycles. The summed E-state index contributed by atoms with van der Waals surface area (Å²) in [6.07, 6.45) is 4.35. The minimum atomic E-state index is 0.0938. The van der Waals surface area contributed by atoms with Gasteiger partial charge in [-0.05, 0) is 0 Å². The third kappa shape index (κ3) is 3.74. The Kier molecular flexibility index (Phi) is 4.49. The zero-order valence-corrected chi connectivity index (χ0v) is 11.9. The summed E-state index contributed by atoms with van der Waals surface area (Å²) in [6.45, 7) is 3.48. The van der Waals surface area contributed by atoms with Crippen LogP contribution in [-0.4, -0.2) is 56.9 Å². The molecule has 1 aliphatic heterocycles. The summed E-state index contributed by atoms with van der Waals surface area (Å²) in [5.41, 5.74) is 5.44. The van der Waals surface area contributed by atoms with Crippen LogP contribution in [0.4, 0.5) is 0 Å². The quantitative estimate of drug-likeness (QED) is 0.759. The van der Waals surface area contributed by atoms with Crippen LogP contribution < -0.4 is 5.73 Å². The molecule has 2 N–H and O–H groups in total. The number of amides is 1. The van der Waals surface area contributed by atoms with Crippen molar-refractivity contribution in [2.75, 3.05) is 26.7 Å². The largest absolute Gasteiger partial charge is 0.393 e. The summed E-state index contributed by atoms with van der Waals surface area (Å²) in [4.78, 5) is 20.6. The average molecular weight is 281 g/mol. The molecule has 2 rings (SSSR count). The molecule has 19 heavy (non-hydrogen) atoms. The van der Waals surface area contributed by atoms with Crippen molar-refractivity contribution in [3.05, 3.63) is 18.2 Å². The van der Waals surface area contributed by atoms with Crippen LogP contribution in [0.1, 0.15) is 12.2 Å². The van der Waals surface area contributed by atoms with E-state index in [0.29, 0.717) is 24.5 Å². The smallest absolute Gasteiger partial charge is 0.236 e. The second-order valence-corrected chi connectivity index (χ2v) is 5.30. The molecule has 0 saturated heterocycles. The second kappa shape index (κ2) is 6.12. The van der Waals surface area contributed by atoms with Crippen LogP contribution in [0.15, 0.2) is 12.4 Å². The summed E-state index contributed by atoms with van der Waals surface area (Å²) in [5, 5.41) is 0. The molecule has 0 saturated carbocycles. The monoisotopic (exact) mass is 281 g/mol. The summed E-state index contributed by atoms with van der Waals surface area (Å²) >= 11 is 4.81. The number of carbonyl (C=O) groups is 1. The number of hydrogen-bond donors (Lipinski definition) is 1. The molecule has 0 radical (unpaired) electrons. The molecule has 0 spiro atoms. The lowest BCUT2D eigenvalue weighted by atomic mass is 10.3. The fourth-order valence-electron chi connectivity index (χ4n) is 2.07. The van der Waals surface area contributed by atoms with Crippen molar-refractivity contribution in [1.82, 2.24) is 19.4 Å². The fourth-order valence-corrected chi connectivity index (χ4v) is 2.16. The maximum absolute atomic E-state index is 12.0. The molecule has 104 valence electrons. The molecule has 1 aromatic heterocycles. The lowest BCUT2D eigenvalue weighted by Crippen LogP contribution is -2.42. The van der Waals surface area contributed by atoms with Gasteiger partial charge in [0, 0.05) is 45.5 Å². The molecule has 1 aromatic rings.